The summed E-state index contributed by atoms with van der Waals surface area (Å²) in [6.07, 6.45) is -0.128. The number of carbonyl (C=O) groups is 1. The van der Waals surface area contributed by atoms with Crippen molar-refractivity contribution in [3.8, 4) is 5.75 Å². The molecule has 1 aliphatic rings. The van der Waals surface area contributed by atoms with E-state index in [1.807, 2.05) is 31.2 Å². The van der Waals surface area contributed by atoms with Gasteiger partial charge < -0.3 is 14.4 Å². The number of hydrogen-bond acceptors (Lipinski definition) is 3. The van der Waals surface area contributed by atoms with E-state index in [1.165, 1.54) is 5.56 Å². The maximum absolute atomic E-state index is 12.6. The highest BCUT2D eigenvalue weighted by atomic mass is 35.5. The fourth-order valence-electron chi connectivity index (χ4n) is 2.60. The number of ether oxygens (including phenoxy) is 2. The second-order valence-corrected chi connectivity index (χ2v) is 6.31. The number of morpholine rings is 1. The molecule has 5 heteroatoms. The van der Waals surface area contributed by atoms with Gasteiger partial charge in [0, 0.05) is 17.1 Å². The van der Waals surface area contributed by atoms with Crippen LogP contribution in [0, 0.1) is 6.92 Å². The van der Waals surface area contributed by atoms with Crippen LogP contribution in [0.1, 0.15) is 15.9 Å². The molecular weight excluding hydrogens is 326 g/mol. The summed E-state index contributed by atoms with van der Waals surface area (Å²) in [5.74, 6) is 0.806. The fourth-order valence-corrected chi connectivity index (χ4v) is 2.73. The molecule has 2 aromatic carbocycles. The molecule has 126 valence electrons. The molecule has 1 saturated heterocycles. The highest BCUT2D eigenvalue weighted by molar-refractivity contribution is 6.30. The maximum Gasteiger partial charge on any atom is 0.254 e. The van der Waals surface area contributed by atoms with Gasteiger partial charge in [0.15, 0.2) is 0 Å². The number of nitrogens with zero attached hydrogens (tertiary/aromatic N) is 1. The van der Waals surface area contributed by atoms with Gasteiger partial charge in [-0.25, -0.2) is 0 Å². The molecule has 0 N–H and O–H groups in total. The molecule has 3 rings (SSSR count). The Balaban J connectivity index is 1.56. The lowest BCUT2D eigenvalue weighted by Gasteiger charge is -2.33. The van der Waals surface area contributed by atoms with E-state index in [1.54, 1.807) is 29.2 Å². The summed E-state index contributed by atoms with van der Waals surface area (Å²) in [7, 11) is 0. The molecule has 0 spiro atoms. The monoisotopic (exact) mass is 345 g/mol. The molecule has 1 aliphatic heterocycles. The number of aryl methyl sites for hydroxylation is 1. The summed E-state index contributed by atoms with van der Waals surface area (Å²) in [6.45, 7) is 4.08. The van der Waals surface area contributed by atoms with Gasteiger partial charge in [0.1, 0.15) is 18.5 Å². The Labute approximate surface area is 146 Å². The van der Waals surface area contributed by atoms with Crippen LogP contribution in [0.3, 0.4) is 0 Å². The quantitative estimate of drug-likeness (QED) is 0.850. The highest BCUT2D eigenvalue weighted by Gasteiger charge is 2.25. The second kappa shape index (κ2) is 7.69. The minimum atomic E-state index is -0.128. The van der Waals surface area contributed by atoms with Gasteiger partial charge in [-0.3, -0.25) is 4.79 Å². The zero-order valence-electron chi connectivity index (χ0n) is 13.6. The average Bonchev–Trinajstić information content (AvgIpc) is 2.61. The van der Waals surface area contributed by atoms with E-state index < -0.39 is 0 Å². The third-order valence-corrected chi connectivity index (χ3v) is 4.23. The van der Waals surface area contributed by atoms with Crippen molar-refractivity contribution in [2.75, 3.05) is 26.3 Å². The Bertz CT molecular complexity index is 685. The fraction of sp³-hybridized carbons (Fsp3) is 0.316. The van der Waals surface area contributed by atoms with Gasteiger partial charge in [0.2, 0.25) is 0 Å². The first-order valence-corrected chi connectivity index (χ1v) is 8.35. The van der Waals surface area contributed by atoms with Gasteiger partial charge in [-0.1, -0.05) is 29.3 Å². The zero-order valence-corrected chi connectivity index (χ0v) is 14.3. The van der Waals surface area contributed by atoms with Gasteiger partial charge in [-0.05, 0) is 43.3 Å². The predicted octanol–water partition coefficient (Wildman–Crippen LogP) is 3.57. The van der Waals surface area contributed by atoms with Crippen LogP contribution in [0.4, 0.5) is 0 Å². The van der Waals surface area contributed by atoms with Crippen LogP contribution in [0.5, 0.6) is 5.75 Å². The lowest BCUT2D eigenvalue weighted by molar-refractivity contribution is -0.0401. The van der Waals surface area contributed by atoms with E-state index in [4.69, 9.17) is 21.1 Å². The molecule has 1 atom stereocenters. The minimum Gasteiger partial charge on any atom is -0.491 e. The predicted molar refractivity (Wildman–Crippen MR) is 93.8 cm³/mol. The summed E-state index contributed by atoms with van der Waals surface area (Å²) < 4.78 is 11.5. The SMILES string of the molecule is Cc1ccc(OCC2CN(C(=O)c3ccc(Cl)cc3)CCO2)cc1. The van der Waals surface area contributed by atoms with Crippen LogP contribution in [0.25, 0.3) is 0 Å². The topological polar surface area (TPSA) is 38.8 Å². The molecule has 0 aromatic heterocycles. The Morgan fingerprint density at radius 3 is 2.62 bits per heavy atom. The largest absolute Gasteiger partial charge is 0.491 e. The third-order valence-electron chi connectivity index (χ3n) is 3.97. The van der Waals surface area contributed by atoms with Crippen molar-refractivity contribution in [2.45, 2.75) is 13.0 Å². The first-order chi connectivity index (χ1) is 11.6. The molecule has 1 fully saturated rings. The molecule has 0 bridgehead atoms. The van der Waals surface area contributed by atoms with Crippen LogP contribution in [0.2, 0.25) is 5.02 Å². The van der Waals surface area contributed by atoms with Crippen molar-refractivity contribution in [3.05, 3.63) is 64.7 Å². The molecule has 24 heavy (non-hydrogen) atoms. The normalized spacial score (nSPS) is 17.6. The van der Waals surface area contributed by atoms with Gasteiger partial charge >= 0.3 is 0 Å². The van der Waals surface area contributed by atoms with Crippen molar-refractivity contribution in [3.63, 3.8) is 0 Å². The Morgan fingerprint density at radius 1 is 1.21 bits per heavy atom. The Morgan fingerprint density at radius 2 is 1.92 bits per heavy atom. The van der Waals surface area contributed by atoms with Gasteiger partial charge in [0.25, 0.3) is 5.91 Å². The van der Waals surface area contributed by atoms with Crippen molar-refractivity contribution in [1.82, 2.24) is 4.90 Å². The molecule has 1 amide bonds. The molecule has 1 unspecified atom stereocenters. The number of hydrogen-bond donors (Lipinski definition) is 0. The van der Waals surface area contributed by atoms with Crippen LogP contribution < -0.4 is 4.74 Å². The van der Waals surface area contributed by atoms with Gasteiger partial charge in [-0.2, -0.15) is 0 Å². The molecule has 4 nitrogen and oxygen atoms in total. The number of benzene rings is 2. The maximum atomic E-state index is 12.6. The third kappa shape index (κ3) is 4.28. The number of rotatable bonds is 4. The molecule has 1 heterocycles. The van der Waals surface area contributed by atoms with Crippen molar-refractivity contribution in [2.24, 2.45) is 0 Å². The first-order valence-electron chi connectivity index (χ1n) is 7.98. The molecular formula is C19H20ClNO3. The summed E-state index contributed by atoms with van der Waals surface area (Å²) in [5.41, 5.74) is 1.83. The minimum absolute atomic E-state index is 0.00435. The lowest BCUT2D eigenvalue weighted by Crippen LogP contribution is -2.47. The van der Waals surface area contributed by atoms with Crippen molar-refractivity contribution < 1.29 is 14.3 Å². The van der Waals surface area contributed by atoms with Crippen LogP contribution in [-0.2, 0) is 4.74 Å². The summed E-state index contributed by atoms with van der Waals surface area (Å²) in [6, 6.07) is 14.8. The first kappa shape index (κ1) is 16.8. The summed E-state index contributed by atoms with van der Waals surface area (Å²) >= 11 is 5.87. The smallest absolute Gasteiger partial charge is 0.254 e. The lowest BCUT2D eigenvalue weighted by atomic mass is 10.1. The number of carbonyl (C=O) groups excluding carboxylic acids is 1. The molecule has 0 aliphatic carbocycles. The van der Waals surface area contributed by atoms with Gasteiger partial charge in [0.05, 0.1) is 13.2 Å². The highest BCUT2D eigenvalue weighted by Crippen LogP contribution is 2.16. The van der Waals surface area contributed by atoms with E-state index in [-0.39, 0.29) is 12.0 Å². The van der Waals surface area contributed by atoms with Crippen LogP contribution in [-0.4, -0.2) is 43.2 Å². The van der Waals surface area contributed by atoms with E-state index in [2.05, 4.69) is 0 Å². The van der Waals surface area contributed by atoms with E-state index in [0.717, 1.165) is 5.75 Å². The number of amides is 1. The van der Waals surface area contributed by atoms with E-state index >= 15 is 0 Å². The summed E-state index contributed by atoms with van der Waals surface area (Å²) in [5, 5.41) is 0.623. The summed E-state index contributed by atoms with van der Waals surface area (Å²) in [4.78, 5) is 14.4. The van der Waals surface area contributed by atoms with Crippen molar-refractivity contribution in [1.29, 1.82) is 0 Å². The standard InChI is InChI=1S/C19H20ClNO3/c1-14-2-8-17(9-3-14)24-13-18-12-21(10-11-23-18)19(22)15-4-6-16(20)7-5-15/h2-9,18H,10-13H2,1H3. The van der Waals surface area contributed by atoms with Crippen molar-refractivity contribution >= 4 is 17.5 Å². The Hall–Kier alpha value is -2.04. The van der Waals surface area contributed by atoms with E-state index in [9.17, 15) is 4.79 Å². The molecule has 2 aromatic rings. The average molecular weight is 346 g/mol. The molecule has 0 saturated carbocycles. The van der Waals surface area contributed by atoms with Crippen LogP contribution in [0.15, 0.2) is 48.5 Å². The van der Waals surface area contributed by atoms with Gasteiger partial charge in [-0.15, -0.1) is 0 Å². The Kier molecular flexibility index (Phi) is 5.38. The number of halogens is 1. The van der Waals surface area contributed by atoms with E-state index in [0.29, 0.717) is 36.9 Å². The molecule has 0 radical (unpaired) electrons. The second-order valence-electron chi connectivity index (χ2n) is 5.87. The van der Waals surface area contributed by atoms with Crippen LogP contribution >= 0.6 is 11.6 Å². The zero-order chi connectivity index (χ0) is 16.9.